The second-order valence-corrected chi connectivity index (χ2v) is 7.60. The van der Waals surface area contributed by atoms with Gasteiger partial charge >= 0.3 is 7.12 Å². The highest BCUT2D eigenvalue weighted by atomic mass is 19.1. The van der Waals surface area contributed by atoms with Crippen LogP contribution in [0.15, 0.2) is 18.2 Å². The number of rotatable bonds is 3. The van der Waals surface area contributed by atoms with E-state index in [9.17, 15) is 9.18 Å². The molecule has 0 unspecified atom stereocenters. The minimum Gasteiger partial charge on any atom is -0.399 e. The van der Waals surface area contributed by atoms with Crippen molar-refractivity contribution >= 4 is 18.5 Å². The Hall–Kier alpha value is -1.44. The van der Waals surface area contributed by atoms with E-state index in [1.807, 2.05) is 27.7 Å². The van der Waals surface area contributed by atoms with Gasteiger partial charge in [0.1, 0.15) is 5.82 Å². The van der Waals surface area contributed by atoms with Crippen LogP contribution in [-0.4, -0.2) is 55.4 Å². The first kappa shape index (κ1) is 18.4. The fourth-order valence-corrected chi connectivity index (χ4v) is 3.01. The Kier molecular flexibility index (Phi) is 4.92. The third kappa shape index (κ3) is 3.73. The number of morpholine rings is 1. The number of hydrogen-bond acceptors (Lipinski definition) is 4. The predicted octanol–water partition coefficient (Wildman–Crippen LogP) is 1.53. The van der Waals surface area contributed by atoms with Gasteiger partial charge in [-0.1, -0.05) is 6.07 Å². The SMILES string of the molecule is CC1(C)OB(c2ccc(F)cc2CC(=O)N2CCOCC2)OC1(C)C. The lowest BCUT2D eigenvalue weighted by molar-refractivity contribution is -0.134. The van der Waals surface area contributed by atoms with Crippen molar-refractivity contribution < 1.29 is 23.2 Å². The summed E-state index contributed by atoms with van der Waals surface area (Å²) in [6.07, 6.45) is 0.122. The largest absolute Gasteiger partial charge is 0.495 e. The molecule has 7 heteroatoms. The first-order chi connectivity index (χ1) is 11.7. The molecule has 2 aliphatic rings. The fraction of sp³-hybridized carbons (Fsp3) is 0.611. The van der Waals surface area contributed by atoms with E-state index < -0.39 is 18.3 Å². The van der Waals surface area contributed by atoms with Crippen molar-refractivity contribution in [2.45, 2.75) is 45.3 Å². The van der Waals surface area contributed by atoms with Crippen LogP contribution < -0.4 is 5.46 Å². The Bertz CT molecular complexity index is 642. The van der Waals surface area contributed by atoms with Gasteiger partial charge in [-0.15, -0.1) is 0 Å². The van der Waals surface area contributed by atoms with Gasteiger partial charge in [0.2, 0.25) is 5.91 Å². The molecule has 1 aromatic rings. The molecule has 0 bridgehead atoms. The van der Waals surface area contributed by atoms with Crippen LogP contribution in [0.3, 0.4) is 0 Å². The van der Waals surface area contributed by atoms with Crippen LogP contribution in [-0.2, 0) is 25.3 Å². The molecule has 1 amide bonds. The summed E-state index contributed by atoms with van der Waals surface area (Å²) in [5, 5.41) is 0. The van der Waals surface area contributed by atoms with Gasteiger partial charge in [-0.3, -0.25) is 4.79 Å². The van der Waals surface area contributed by atoms with Crippen LogP contribution in [0.1, 0.15) is 33.3 Å². The molecule has 1 aromatic carbocycles. The Labute approximate surface area is 148 Å². The van der Waals surface area contributed by atoms with E-state index in [1.54, 1.807) is 11.0 Å². The molecular formula is C18H25BFNO4. The molecule has 0 radical (unpaired) electrons. The number of hydrogen-bond donors (Lipinski definition) is 0. The lowest BCUT2D eigenvalue weighted by atomic mass is 9.75. The average molecular weight is 349 g/mol. The van der Waals surface area contributed by atoms with Gasteiger partial charge in [0.05, 0.1) is 30.8 Å². The molecule has 0 N–H and O–H groups in total. The summed E-state index contributed by atoms with van der Waals surface area (Å²) in [4.78, 5) is 14.3. The molecule has 2 fully saturated rings. The highest BCUT2D eigenvalue weighted by Gasteiger charge is 2.52. The minimum absolute atomic E-state index is 0.0355. The molecule has 0 saturated carbocycles. The van der Waals surface area contributed by atoms with Gasteiger partial charge in [-0.25, -0.2) is 4.39 Å². The summed E-state index contributed by atoms with van der Waals surface area (Å²) in [7, 11) is -0.613. The zero-order chi connectivity index (χ0) is 18.2. The van der Waals surface area contributed by atoms with Crippen LogP contribution in [0.2, 0.25) is 0 Å². The van der Waals surface area contributed by atoms with E-state index >= 15 is 0 Å². The second-order valence-electron chi connectivity index (χ2n) is 7.60. The van der Waals surface area contributed by atoms with Crippen molar-refractivity contribution in [3.05, 3.63) is 29.6 Å². The lowest BCUT2D eigenvalue weighted by Crippen LogP contribution is -2.43. The summed E-state index contributed by atoms with van der Waals surface area (Å²) in [5.41, 5.74) is 0.339. The van der Waals surface area contributed by atoms with Gasteiger partial charge in [0.25, 0.3) is 0 Å². The summed E-state index contributed by atoms with van der Waals surface area (Å²) in [6.45, 7) is 10.1. The Balaban J connectivity index is 1.83. The second kappa shape index (κ2) is 6.70. The van der Waals surface area contributed by atoms with Crippen LogP contribution in [0.4, 0.5) is 4.39 Å². The zero-order valence-corrected chi connectivity index (χ0v) is 15.3. The maximum Gasteiger partial charge on any atom is 0.495 e. The summed E-state index contributed by atoms with van der Waals surface area (Å²) < 4.78 is 31.2. The average Bonchev–Trinajstić information content (AvgIpc) is 2.76. The quantitative estimate of drug-likeness (QED) is 0.777. The first-order valence-electron chi connectivity index (χ1n) is 8.69. The lowest BCUT2D eigenvalue weighted by Gasteiger charge is -2.32. The normalized spacial score (nSPS) is 22.3. The molecule has 5 nitrogen and oxygen atoms in total. The molecule has 136 valence electrons. The Morgan fingerprint density at radius 1 is 1.16 bits per heavy atom. The Morgan fingerprint density at radius 2 is 1.76 bits per heavy atom. The highest BCUT2D eigenvalue weighted by molar-refractivity contribution is 6.62. The Morgan fingerprint density at radius 3 is 2.36 bits per heavy atom. The minimum atomic E-state index is -0.613. The third-order valence-electron chi connectivity index (χ3n) is 5.32. The third-order valence-corrected chi connectivity index (χ3v) is 5.32. The number of amides is 1. The maximum absolute atomic E-state index is 13.8. The van der Waals surface area contributed by atoms with Gasteiger partial charge in [0, 0.05) is 13.1 Å². The highest BCUT2D eigenvalue weighted by Crippen LogP contribution is 2.36. The fourth-order valence-electron chi connectivity index (χ4n) is 3.01. The van der Waals surface area contributed by atoms with Crippen molar-refractivity contribution in [2.24, 2.45) is 0 Å². The molecule has 2 heterocycles. The van der Waals surface area contributed by atoms with E-state index in [4.69, 9.17) is 14.0 Å². The standard InChI is InChI=1S/C18H25BFNO4/c1-17(2)18(3,4)25-19(24-17)15-6-5-14(20)11-13(15)12-16(22)21-7-9-23-10-8-21/h5-6,11H,7-10,12H2,1-4H3. The van der Waals surface area contributed by atoms with Crippen LogP contribution in [0.5, 0.6) is 0 Å². The van der Waals surface area contributed by atoms with E-state index in [-0.39, 0.29) is 18.1 Å². The van der Waals surface area contributed by atoms with Gasteiger partial charge in [0.15, 0.2) is 0 Å². The number of halogens is 1. The van der Waals surface area contributed by atoms with Crippen molar-refractivity contribution in [2.75, 3.05) is 26.3 Å². The van der Waals surface area contributed by atoms with Crippen LogP contribution in [0.25, 0.3) is 0 Å². The molecule has 0 atom stereocenters. The maximum atomic E-state index is 13.8. The van der Waals surface area contributed by atoms with Crippen molar-refractivity contribution in [1.29, 1.82) is 0 Å². The van der Waals surface area contributed by atoms with E-state index in [0.29, 0.717) is 37.3 Å². The van der Waals surface area contributed by atoms with E-state index in [2.05, 4.69) is 0 Å². The predicted molar refractivity (Wildman–Crippen MR) is 93.2 cm³/mol. The molecule has 2 saturated heterocycles. The van der Waals surface area contributed by atoms with Gasteiger partial charge < -0.3 is 18.9 Å². The van der Waals surface area contributed by atoms with Gasteiger partial charge in [-0.05, 0) is 50.9 Å². The molecule has 25 heavy (non-hydrogen) atoms. The number of carbonyl (C=O) groups excluding carboxylic acids is 1. The molecule has 3 rings (SSSR count). The molecule has 2 aliphatic heterocycles. The summed E-state index contributed by atoms with van der Waals surface area (Å²) >= 11 is 0. The topological polar surface area (TPSA) is 48.0 Å². The smallest absolute Gasteiger partial charge is 0.399 e. The molecule has 0 aliphatic carbocycles. The first-order valence-corrected chi connectivity index (χ1v) is 8.69. The van der Waals surface area contributed by atoms with Crippen LogP contribution >= 0.6 is 0 Å². The van der Waals surface area contributed by atoms with Crippen LogP contribution in [0, 0.1) is 5.82 Å². The van der Waals surface area contributed by atoms with E-state index in [1.165, 1.54) is 12.1 Å². The van der Waals surface area contributed by atoms with Crippen molar-refractivity contribution in [1.82, 2.24) is 4.90 Å². The molecule has 0 aromatic heterocycles. The van der Waals surface area contributed by atoms with E-state index in [0.717, 1.165) is 0 Å². The number of benzene rings is 1. The molecule has 0 spiro atoms. The molecular weight excluding hydrogens is 324 g/mol. The summed E-state index contributed by atoms with van der Waals surface area (Å²) in [5.74, 6) is -0.406. The monoisotopic (exact) mass is 349 g/mol. The van der Waals surface area contributed by atoms with Crippen molar-refractivity contribution in [3.63, 3.8) is 0 Å². The number of nitrogens with zero attached hydrogens (tertiary/aromatic N) is 1. The van der Waals surface area contributed by atoms with Crippen molar-refractivity contribution in [3.8, 4) is 0 Å². The number of carbonyl (C=O) groups is 1. The summed E-state index contributed by atoms with van der Waals surface area (Å²) in [6, 6.07) is 4.43. The number of ether oxygens (including phenoxy) is 1. The van der Waals surface area contributed by atoms with Gasteiger partial charge in [-0.2, -0.15) is 0 Å². The zero-order valence-electron chi connectivity index (χ0n) is 15.3.